The second-order valence-electron chi connectivity index (χ2n) is 13.5. The van der Waals surface area contributed by atoms with Crippen LogP contribution in [-0.4, -0.2) is 28.7 Å². The van der Waals surface area contributed by atoms with E-state index in [1.165, 1.54) is 55.2 Å². The smallest absolute Gasteiger partial charge is 0.427 e. The van der Waals surface area contributed by atoms with E-state index in [4.69, 9.17) is 10.0 Å². The molecule has 0 unspecified atom stereocenters. The Bertz CT molecular complexity index is 1120. The highest BCUT2D eigenvalue weighted by atomic mass is 79.9. The summed E-state index contributed by atoms with van der Waals surface area (Å²) in [6.45, 7) is 3.48. The van der Waals surface area contributed by atoms with Crippen LogP contribution in [0.25, 0.3) is 0 Å². The normalized spacial score (nSPS) is 25.3. The number of hydrogen-bond donors (Lipinski definition) is 2. The number of halogens is 1. The molecule has 2 aromatic rings. The fourth-order valence-electron chi connectivity index (χ4n) is 6.95. The van der Waals surface area contributed by atoms with Gasteiger partial charge in [0.2, 0.25) is 0 Å². The summed E-state index contributed by atoms with van der Waals surface area (Å²) >= 11 is 3.44. The molecule has 2 aromatic carbocycles. The van der Waals surface area contributed by atoms with Gasteiger partial charge in [-0.15, -0.1) is 0 Å². The first-order valence-corrected chi connectivity index (χ1v) is 17.2. The standard InChI is InChI=1S/C18H24O.C14H17BrO.C4H9BO2/c1-13(19)18-10-7-15(12-18)11-14-5-8-17(9-6-14)16-3-2-4-16;1-10(16)13-5-2-12(9-13)8-11-3-6-14(15)7-4-11;6-5(7)4-2-1-3-4/h5-6,8-9,15-16,18H,2-4,7,10-12H2,1H3;3-4,6-7,12-13H,2,5,8-9H2,1H3;4,6-7H,1-3H2/t15-,18+;12-,13+;/m00./s1. The molecule has 4 nitrogen and oxygen atoms in total. The molecule has 0 bridgehead atoms. The molecule has 0 heterocycles. The molecule has 4 saturated carbocycles. The van der Waals surface area contributed by atoms with E-state index in [-0.39, 0.29) is 5.82 Å². The van der Waals surface area contributed by atoms with Gasteiger partial charge in [-0.1, -0.05) is 78.0 Å². The highest BCUT2D eigenvalue weighted by Gasteiger charge is 2.29. The van der Waals surface area contributed by atoms with Crippen molar-refractivity contribution in [2.45, 2.75) is 115 Å². The number of Topliss-reactive ketones (excluding diaryl/α,β-unsaturated/α-hetero) is 2. The molecule has 4 atom stereocenters. The number of ketones is 2. The average molecular weight is 638 g/mol. The molecule has 6 heteroatoms. The third-order valence-electron chi connectivity index (χ3n) is 10.3. The number of carbonyl (C=O) groups is 2. The fourth-order valence-corrected chi connectivity index (χ4v) is 7.22. The average Bonchev–Trinajstić information content (AvgIpc) is 3.55. The number of hydrogen-bond acceptors (Lipinski definition) is 4. The lowest BCUT2D eigenvalue weighted by Crippen LogP contribution is -2.25. The maximum Gasteiger partial charge on any atom is 0.454 e. The van der Waals surface area contributed by atoms with E-state index in [0.717, 1.165) is 67.7 Å². The monoisotopic (exact) mass is 636 g/mol. The molecular weight excluding hydrogens is 587 g/mol. The summed E-state index contributed by atoms with van der Waals surface area (Å²) in [7, 11) is -1.05. The van der Waals surface area contributed by atoms with Gasteiger partial charge in [-0.2, -0.15) is 0 Å². The van der Waals surface area contributed by atoms with Gasteiger partial charge < -0.3 is 10.0 Å². The Morgan fingerprint density at radius 3 is 1.45 bits per heavy atom. The molecule has 6 rings (SSSR count). The van der Waals surface area contributed by atoms with Gasteiger partial charge in [-0.05, 0) is 130 Å². The minimum Gasteiger partial charge on any atom is -0.427 e. The van der Waals surface area contributed by atoms with Crippen LogP contribution in [0.1, 0.15) is 114 Å². The van der Waals surface area contributed by atoms with Crippen molar-refractivity contribution in [3.05, 3.63) is 69.7 Å². The minimum atomic E-state index is -1.05. The Kier molecular flexibility index (Phi) is 12.9. The highest BCUT2D eigenvalue weighted by molar-refractivity contribution is 9.10. The van der Waals surface area contributed by atoms with Gasteiger partial charge in [-0.3, -0.25) is 9.59 Å². The third-order valence-corrected chi connectivity index (χ3v) is 10.9. The molecule has 2 N–H and O–H groups in total. The molecular formula is C36H50BBrO4. The van der Waals surface area contributed by atoms with Gasteiger partial charge >= 0.3 is 7.12 Å². The molecule has 42 heavy (non-hydrogen) atoms. The van der Waals surface area contributed by atoms with Gasteiger partial charge in [-0.25, -0.2) is 0 Å². The van der Waals surface area contributed by atoms with Crippen LogP contribution >= 0.6 is 15.9 Å². The second kappa shape index (κ2) is 16.4. The summed E-state index contributed by atoms with van der Waals surface area (Å²) in [5.41, 5.74) is 4.37. The SMILES string of the molecule is CC(=O)[C@@H]1CC[C@@H](Cc2ccc(Br)cc2)C1.CC(=O)[C@@H]1CC[C@@H](Cc2ccc(C3CCC3)cc2)C1.OB(O)C1CCC1. The van der Waals surface area contributed by atoms with Gasteiger partial charge in [0.25, 0.3) is 0 Å². The fraction of sp³-hybridized carbons (Fsp3) is 0.611. The Hall–Kier alpha value is -1.76. The van der Waals surface area contributed by atoms with E-state index in [0.29, 0.717) is 29.3 Å². The van der Waals surface area contributed by atoms with Crippen molar-refractivity contribution in [1.29, 1.82) is 0 Å². The molecule has 0 aliphatic heterocycles. The predicted molar refractivity (Wildman–Crippen MR) is 175 cm³/mol. The Morgan fingerprint density at radius 2 is 1.14 bits per heavy atom. The van der Waals surface area contributed by atoms with Crippen molar-refractivity contribution >= 4 is 34.6 Å². The Labute approximate surface area is 262 Å². The molecule has 0 aromatic heterocycles. The topological polar surface area (TPSA) is 74.6 Å². The van der Waals surface area contributed by atoms with Crippen LogP contribution in [0.3, 0.4) is 0 Å². The number of carbonyl (C=O) groups excluding carboxylic acids is 2. The summed E-state index contributed by atoms with van der Waals surface area (Å²) in [6, 6.07) is 17.8. The summed E-state index contributed by atoms with van der Waals surface area (Å²) < 4.78 is 1.13. The van der Waals surface area contributed by atoms with Crippen LogP contribution in [0.5, 0.6) is 0 Å². The lowest BCUT2D eigenvalue weighted by Gasteiger charge is -2.26. The Balaban J connectivity index is 0.000000159. The van der Waals surface area contributed by atoms with Crippen LogP contribution in [-0.2, 0) is 22.4 Å². The lowest BCUT2D eigenvalue weighted by atomic mass is 9.61. The summed E-state index contributed by atoms with van der Waals surface area (Å²) in [4.78, 5) is 22.7. The maximum atomic E-state index is 11.4. The van der Waals surface area contributed by atoms with E-state index in [1.807, 2.05) is 0 Å². The Morgan fingerprint density at radius 1 is 0.690 bits per heavy atom. The van der Waals surface area contributed by atoms with Gasteiger partial charge in [0.05, 0.1) is 0 Å². The van der Waals surface area contributed by atoms with E-state index >= 15 is 0 Å². The van der Waals surface area contributed by atoms with E-state index in [1.54, 1.807) is 13.8 Å². The van der Waals surface area contributed by atoms with Crippen molar-refractivity contribution in [2.75, 3.05) is 0 Å². The first-order chi connectivity index (χ1) is 20.2. The van der Waals surface area contributed by atoms with Crippen molar-refractivity contribution < 1.29 is 19.6 Å². The zero-order valence-electron chi connectivity index (χ0n) is 25.6. The first-order valence-electron chi connectivity index (χ1n) is 16.4. The van der Waals surface area contributed by atoms with E-state index in [9.17, 15) is 9.59 Å². The summed E-state index contributed by atoms with van der Waals surface area (Å²) in [5.74, 6) is 3.90. The number of benzene rings is 2. The summed E-state index contributed by atoms with van der Waals surface area (Å²) in [5, 5.41) is 16.9. The van der Waals surface area contributed by atoms with Gasteiger partial charge in [0.1, 0.15) is 11.6 Å². The van der Waals surface area contributed by atoms with E-state index < -0.39 is 7.12 Å². The van der Waals surface area contributed by atoms with Crippen molar-refractivity contribution in [2.24, 2.45) is 23.7 Å². The van der Waals surface area contributed by atoms with Gasteiger partial charge in [0.15, 0.2) is 0 Å². The van der Waals surface area contributed by atoms with Crippen molar-refractivity contribution in [3.63, 3.8) is 0 Å². The largest absolute Gasteiger partial charge is 0.454 e. The molecule has 228 valence electrons. The molecule has 0 saturated heterocycles. The van der Waals surface area contributed by atoms with Gasteiger partial charge in [0, 0.05) is 16.3 Å². The third kappa shape index (κ3) is 10.2. The van der Waals surface area contributed by atoms with Crippen LogP contribution in [0, 0.1) is 23.7 Å². The minimum absolute atomic E-state index is 0.194. The molecule has 4 aliphatic carbocycles. The van der Waals surface area contributed by atoms with Crippen LogP contribution < -0.4 is 0 Å². The lowest BCUT2D eigenvalue weighted by molar-refractivity contribution is -0.121. The highest BCUT2D eigenvalue weighted by Crippen LogP contribution is 2.38. The number of rotatable bonds is 8. The van der Waals surface area contributed by atoms with Crippen molar-refractivity contribution in [1.82, 2.24) is 0 Å². The van der Waals surface area contributed by atoms with Crippen LogP contribution in [0.15, 0.2) is 53.0 Å². The zero-order valence-corrected chi connectivity index (χ0v) is 27.2. The van der Waals surface area contributed by atoms with Crippen LogP contribution in [0.4, 0.5) is 0 Å². The molecule has 0 amide bonds. The van der Waals surface area contributed by atoms with Crippen molar-refractivity contribution in [3.8, 4) is 0 Å². The van der Waals surface area contributed by atoms with Crippen LogP contribution in [0.2, 0.25) is 5.82 Å². The summed E-state index contributed by atoms with van der Waals surface area (Å²) in [6.07, 6.45) is 16.4. The second-order valence-corrected chi connectivity index (χ2v) is 14.4. The molecule has 0 radical (unpaired) electrons. The zero-order chi connectivity index (χ0) is 30.1. The molecule has 4 fully saturated rings. The molecule has 4 aliphatic rings. The maximum absolute atomic E-state index is 11.4. The molecule has 0 spiro atoms. The van der Waals surface area contributed by atoms with E-state index in [2.05, 4.69) is 64.5 Å². The quantitative estimate of drug-likeness (QED) is 0.285. The first kappa shape index (κ1) is 33.1. The predicted octanol–water partition coefficient (Wildman–Crippen LogP) is 8.51.